The minimum absolute atomic E-state index is 0.546. The van der Waals surface area contributed by atoms with Crippen molar-refractivity contribution in [3.63, 3.8) is 0 Å². The molecule has 22 heavy (non-hydrogen) atoms. The summed E-state index contributed by atoms with van der Waals surface area (Å²) in [5.41, 5.74) is 2.13. The first-order chi connectivity index (χ1) is 10.6. The Hall–Kier alpha value is -1.92. The molecule has 0 aliphatic carbocycles. The first-order valence-electron chi connectivity index (χ1n) is 6.92. The standard InChI is InChI=1S/C16H16BrN3O2/c1-11-3-5-12(6-4-11)16-19-18-15(22-16)10-20(2)9-13-7-8-14(17)21-13/h3-8H,9-10H2,1-2H3. The van der Waals surface area contributed by atoms with Crippen LogP contribution in [-0.2, 0) is 13.1 Å². The minimum atomic E-state index is 0.546. The van der Waals surface area contributed by atoms with Crippen molar-refractivity contribution in [3.05, 3.63) is 58.3 Å². The van der Waals surface area contributed by atoms with E-state index in [-0.39, 0.29) is 0 Å². The maximum atomic E-state index is 5.72. The lowest BCUT2D eigenvalue weighted by molar-refractivity contribution is 0.259. The van der Waals surface area contributed by atoms with Gasteiger partial charge in [-0.3, -0.25) is 4.90 Å². The van der Waals surface area contributed by atoms with Crippen LogP contribution in [0.2, 0.25) is 0 Å². The van der Waals surface area contributed by atoms with Gasteiger partial charge in [0.2, 0.25) is 11.8 Å². The van der Waals surface area contributed by atoms with Gasteiger partial charge < -0.3 is 8.83 Å². The van der Waals surface area contributed by atoms with Gasteiger partial charge in [-0.2, -0.15) is 0 Å². The van der Waals surface area contributed by atoms with E-state index in [0.29, 0.717) is 24.9 Å². The fourth-order valence-corrected chi connectivity index (χ4v) is 2.46. The Bertz CT molecular complexity index is 749. The average molecular weight is 362 g/mol. The number of aromatic nitrogens is 2. The SMILES string of the molecule is Cc1ccc(-c2nnc(CN(C)Cc3ccc(Br)o3)o2)cc1. The van der Waals surface area contributed by atoms with Crippen LogP contribution in [-0.4, -0.2) is 22.1 Å². The lowest BCUT2D eigenvalue weighted by atomic mass is 10.1. The number of furan rings is 1. The smallest absolute Gasteiger partial charge is 0.247 e. The highest BCUT2D eigenvalue weighted by Gasteiger charge is 2.12. The summed E-state index contributed by atoms with van der Waals surface area (Å²) in [5.74, 6) is 2.01. The highest BCUT2D eigenvalue weighted by Crippen LogP contribution is 2.19. The second-order valence-corrected chi connectivity index (χ2v) is 6.03. The maximum absolute atomic E-state index is 5.72. The molecule has 0 radical (unpaired) electrons. The van der Waals surface area contributed by atoms with Crippen LogP contribution in [0.4, 0.5) is 0 Å². The molecule has 0 saturated carbocycles. The molecule has 0 atom stereocenters. The fraction of sp³-hybridized carbons (Fsp3) is 0.250. The minimum Gasteiger partial charge on any atom is -0.453 e. The topological polar surface area (TPSA) is 55.3 Å². The number of nitrogens with zero attached hydrogens (tertiary/aromatic N) is 3. The van der Waals surface area contributed by atoms with Crippen LogP contribution in [0.5, 0.6) is 0 Å². The van der Waals surface area contributed by atoms with Crippen molar-refractivity contribution in [1.82, 2.24) is 15.1 Å². The first-order valence-corrected chi connectivity index (χ1v) is 7.71. The van der Waals surface area contributed by atoms with E-state index >= 15 is 0 Å². The summed E-state index contributed by atoms with van der Waals surface area (Å²) >= 11 is 3.30. The van der Waals surface area contributed by atoms with Gasteiger partial charge >= 0.3 is 0 Å². The lowest BCUT2D eigenvalue weighted by Gasteiger charge is -2.11. The molecule has 0 unspecified atom stereocenters. The molecule has 2 aromatic heterocycles. The van der Waals surface area contributed by atoms with Crippen LogP contribution < -0.4 is 0 Å². The van der Waals surface area contributed by atoms with Gasteiger partial charge in [-0.25, -0.2) is 0 Å². The lowest BCUT2D eigenvalue weighted by Crippen LogP contribution is -2.17. The number of rotatable bonds is 5. The summed E-state index contributed by atoms with van der Waals surface area (Å²) in [4.78, 5) is 2.05. The Labute approximate surface area is 137 Å². The third kappa shape index (κ3) is 3.64. The monoisotopic (exact) mass is 361 g/mol. The molecule has 0 amide bonds. The molecule has 2 heterocycles. The quantitative estimate of drug-likeness (QED) is 0.686. The van der Waals surface area contributed by atoms with Gasteiger partial charge in [-0.05, 0) is 54.2 Å². The Balaban J connectivity index is 1.65. The number of halogens is 1. The Kier molecular flexibility index (Phi) is 4.40. The van der Waals surface area contributed by atoms with Crippen molar-refractivity contribution >= 4 is 15.9 Å². The summed E-state index contributed by atoms with van der Waals surface area (Å²) < 4.78 is 11.9. The maximum Gasteiger partial charge on any atom is 0.247 e. The molecule has 5 nitrogen and oxygen atoms in total. The summed E-state index contributed by atoms with van der Waals surface area (Å²) in [7, 11) is 1.98. The molecule has 0 aliphatic heterocycles. The zero-order valence-electron chi connectivity index (χ0n) is 12.4. The Morgan fingerprint density at radius 2 is 1.77 bits per heavy atom. The van der Waals surface area contributed by atoms with Crippen molar-refractivity contribution in [3.8, 4) is 11.5 Å². The third-order valence-electron chi connectivity index (χ3n) is 3.23. The molecule has 6 heteroatoms. The van der Waals surface area contributed by atoms with Gasteiger partial charge in [0.25, 0.3) is 0 Å². The molecular formula is C16H16BrN3O2. The van der Waals surface area contributed by atoms with E-state index in [2.05, 4.69) is 31.0 Å². The van der Waals surface area contributed by atoms with Crippen molar-refractivity contribution < 1.29 is 8.83 Å². The van der Waals surface area contributed by atoms with Gasteiger partial charge in [0.1, 0.15) is 5.76 Å². The molecule has 1 aromatic carbocycles. The van der Waals surface area contributed by atoms with Gasteiger partial charge in [-0.1, -0.05) is 17.7 Å². The van der Waals surface area contributed by atoms with Crippen molar-refractivity contribution in [1.29, 1.82) is 0 Å². The summed E-state index contributed by atoms with van der Waals surface area (Å²) in [6.07, 6.45) is 0. The molecule has 0 N–H and O–H groups in total. The second kappa shape index (κ2) is 6.46. The highest BCUT2D eigenvalue weighted by molar-refractivity contribution is 9.10. The molecule has 0 bridgehead atoms. The zero-order chi connectivity index (χ0) is 15.5. The largest absolute Gasteiger partial charge is 0.453 e. The Morgan fingerprint density at radius 1 is 1.00 bits per heavy atom. The van der Waals surface area contributed by atoms with Crippen LogP contribution in [0.15, 0.2) is 49.9 Å². The van der Waals surface area contributed by atoms with E-state index in [4.69, 9.17) is 8.83 Å². The zero-order valence-corrected chi connectivity index (χ0v) is 14.0. The molecule has 114 valence electrons. The van der Waals surface area contributed by atoms with Crippen LogP contribution in [0.3, 0.4) is 0 Å². The van der Waals surface area contributed by atoms with Crippen LogP contribution >= 0.6 is 15.9 Å². The molecule has 3 aromatic rings. The average Bonchev–Trinajstić information content (AvgIpc) is 3.09. The number of hydrogen-bond donors (Lipinski definition) is 0. The van der Waals surface area contributed by atoms with E-state index in [0.717, 1.165) is 16.0 Å². The normalized spacial score (nSPS) is 11.3. The van der Waals surface area contributed by atoms with E-state index in [1.54, 1.807) is 0 Å². The predicted octanol–water partition coefficient (Wildman–Crippen LogP) is 4.03. The number of hydrogen-bond acceptors (Lipinski definition) is 5. The summed E-state index contributed by atoms with van der Waals surface area (Å²) in [6.45, 7) is 3.29. The molecular weight excluding hydrogens is 346 g/mol. The molecule has 3 rings (SSSR count). The van der Waals surface area contributed by atoms with Gasteiger partial charge in [0, 0.05) is 5.56 Å². The van der Waals surface area contributed by atoms with E-state index < -0.39 is 0 Å². The molecule has 0 fully saturated rings. The van der Waals surface area contributed by atoms with Crippen molar-refractivity contribution in [2.75, 3.05) is 7.05 Å². The Morgan fingerprint density at radius 3 is 2.45 bits per heavy atom. The summed E-state index contributed by atoms with van der Waals surface area (Å²) in [6, 6.07) is 11.8. The van der Waals surface area contributed by atoms with E-state index in [9.17, 15) is 0 Å². The predicted molar refractivity (Wildman–Crippen MR) is 86.1 cm³/mol. The molecule has 0 aliphatic rings. The second-order valence-electron chi connectivity index (χ2n) is 5.25. The van der Waals surface area contributed by atoms with Crippen LogP contribution in [0.1, 0.15) is 17.2 Å². The highest BCUT2D eigenvalue weighted by atomic mass is 79.9. The number of aryl methyl sites for hydroxylation is 1. The van der Waals surface area contributed by atoms with Crippen LogP contribution in [0.25, 0.3) is 11.5 Å². The van der Waals surface area contributed by atoms with E-state index in [1.165, 1.54) is 5.56 Å². The van der Waals surface area contributed by atoms with Crippen LogP contribution in [0, 0.1) is 6.92 Å². The fourth-order valence-electron chi connectivity index (χ4n) is 2.12. The van der Waals surface area contributed by atoms with Crippen molar-refractivity contribution in [2.45, 2.75) is 20.0 Å². The van der Waals surface area contributed by atoms with Gasteiger partial charge in [0.15, 0.2) is 4.67 Å². The van der Waals surface area contributed by atoms with E-state index in [1.807, 2.05) is 50.4 Å². The third-order valence-corrected chi connectivity index (χ3v) is 3.65. The first kappa shape index (κ1) is 15.0. The van der Waals surface area contributed by atoms with Gasteiger partial charge in [0.05, 0.1) is 13.1 Å². The number of benzene rings is 1. The molecule has 0 saturated heterocycles. The van der Waals surface area contributed by atoms with Gasteiger partial charge in [-0.15, -0.1) is 10.2 Å². The van der Waals surface area contributed by atoms with Crippen molar-refractivity contribution in [2.24, 2.45) is 0 Å². The molecule has 0 spiro atoms. The summed E-state index contributed by atoms with van der Waals surface area (Å²) in [5, 5.41) is 8.21.